The highest BCUT2D eigenvalue weighted by molar-refractivity contribution is 6.33. The maximum Gasteiger partial charge on any atom is 0.405 e. The number of halogens is 6. The van der Waals surface area contributed by atoms with Gasteiger partial charge >= 0.3 is 6.18 Å². The van der Waals surface area contributed by atoms with Gasteiger partial charge in [-0.2, -0.15) is 13.2 Å². The van der Waals surface area contributed by atoms with Gasteiger partial charge in [0.1, 0.15) is 11.9 Å². The zero-order valence-corrected chi connectivity index (χ0v) is 14.1. The van der Waals surface area contributed by atoms with Crippen LogP contribution in [0.2, 0.25) is 5.02 Å². The van der Waals surface area contributed by atoms with Crippen LogP contribution in [-0.4, -0.2) is 55.7 Å². The summed E-state index contributed by atoms with van der Waals surface area (Å²) in [6, 6.07) is 1.82. The van der Waals surface area contributed by atoms with Crippen molar-refractivity contribution >= 4 is 29.9 Å². The van der Waals surface area contributed by atoms with Crippen molar-refractivity contribution in [2.75, 3.05) is 32.7 Å². The van der Waals surface area contributed by atoms with Gasteiger partial charge in [0, 0.05) is 32.7 Å². The minimum Gasteiger partial charge on any atom is -0.350 e. The van der Waals surface area contributed by atoms with Gasteiger partial charge in [0.2, 0.25) is 0 Å². The van der Waals surface area contributed by atoms with Gasteiger partial charge in [0.05, 0.1) is 10.6 Å². The molecular formula is C14H17Cl2F4N3O. The van der Waals surface area contributed by atoms with Gasteiger partial charge in [-0.25, -0.2) is 4.39 Å². The number of benzene rings is 1. The zero-order chi connectivity index (χ0) is 17.0. The third-order valence-electron chi connectivity index (χ3n) is 3.62. The summed E-state index contributed by atoms with van der Waals surface area (Å²) in [6.45, 7) is 0.674. The second kappa shape index (κ2) is 8.84. The van der Waals surface area contributed by atoms with E-state index in [0.717, 1.165) is 6.07 Å². The Bertz CT molecular complexity index is 545. The molecule has 2 rings (SSSR count). The fourth-order valence-electron chi connectivity index (χ4n) is 2.44. The lowest BCUT2D eigenvalue weighted by molar-refractivity contribution is -0.183. The van der Waals surface area contributed by atoms with Crippen LogP contribution in [-0.2, 0) is 0 Å². The van der Waals surface area contributed by atoms with Gasteiger partial charge in [-0.15, -0.1) is 12.4 Å². The van der Waals surface area contributed by atoms with Crippen molar-refractivity contribution in [3.05, 3.63) is 34.6 Å². The van der Waals surface area contributed by atoms with E-state index >= 15 is 0 Å². The number of nitrogens with one attached hydrogen (secondary N) is 2. The standard InChI is InChI=1S/C14H16ClF4N3O.ClH/c15-9-2-1-3-10(16)12(9)13(23)21-8-11(14(17,18)19)22-6-4-20-5-7-22;/h1-3,11,20H,4-8H2,(H,21,23);1H. The third kappa shape index (κ3) is 5.20. The number of rotatable bonds is 4. The molecule has 136 valence electrons. The molecule has 10 heteroatoms. The minimum absolute atomic E-state index is 0. The highest BCUT2D eigenvalue weighted by atomic mass is 35.5. The summed E-state index contributed by atoms with van der Waals surface area (Å²) >= 11 is 5.74. The number of hydrogen-bond donors (Lipinski definition) is 2. The quantitative estimate of drug-likeness (QED) is 0.777. The van der Waals surface area contributed by atoms with Gasteiger partial charge in [0.15, 0.2) is 0 Å². The Hall–Kier alpha value is -1.09. The number of hydrogen-bond acceptors (Lipinski definition) is 3. The SMILES string of the molecule is Cl.O=C(NCC(N1CCNCC1)C(F)(F)F)c1c(F)cccc1Cl. The molecule has 1 aliphatic heterocycles. The highest BCUT2D eigenvalue weighted by Gasteiger charge is 2.43. The summed E-state index contributed by atoms with van der Waals surface area (Å²) in [5.74, 6) is -1.83. The molecule has 1 unspecified atom stereocenters. The van der Waals surface area contributed by atoms with Crippen molar-refractivity contribution < 1.29 is 22.4 Å². The summed E-state index contributed by atoms with van der Waals surface area (Å²) in [6.07, 6.45) is -4.50. The van der Waals surface area contributed by atoms with E-state index in [2.05, 4.69) is 10.6 Å². The van der Waals surface area contributed by atoms with Crippen LogP contribution in [0.15, 0.2) is 18.2 Å². The molecule has 4 nitrogen and oxygen atoms in total. The predicted octanol–water partition coefficient (Wildman–Crippen LogP) is 2.47. The number of carbonyl (C=O) groups is 1. The van der Waals surface area contributed by atoms with Gasteiger partial charge < -0.3 is 10.6 Å². The Kier molecular flexibility index (Phi) is 7.72. The largest absolute Gasteiger partial charge is 0.405 e. The number of amides is 1. The molecule has 1 amide bonds. The monoisotopic (exact) mass is 389 g/mol. The molecule has 1 aliphatic rings. The van der Waals surface area contributed by atoms with E-state index in [1.54, 1.807) is 0 Å². The average molecular weight is 390 g/mol. The van der Waals surface area contributed by atoms with Crippen LogP contribution < -0.4 is 10.6 Å². The second-order valence-electron chi connectivity index (χ2n) is 5.15. The summed E-state index contributed by atoms with van der Waals surface area (Å²) in [7, 11) is 0. The Labute approximate surface area is 147 Å². The van der Waals surface area contributed by atoms with E-state index < -0.39 is 36.1 Å². The van der Waals surface area contributed by atoms with Crippen molar-refractivity contribution in [3.63, 3.8) is 0 Å². The van der Waals surface area contributed by atoms with Gasteiger partial charge in [0.25, 0.3) is 5.91 Å². The van der Waals surface area contributed by atoms with Gasteiger partial charge in [-0.1, -0.05) is 17.7 Å². The van der Waals surface area contributed by atoms with Crippen LogP contribution >= 0.6 is 24.0 Å². The zero-order valence-electron chi connectivity index (χ0n) is 12.5. The molecule has 1 heterocycles. The predicted molar refractivity (Wildman–Crippen MR) is 85.3 cm³/mol. The third-order valence-corrected chi connectivity index (χ3v) is 3.93. The molecule has 0 aromatic heterocycles. The van der Waals surface area contributed by atoms with E-state index in [4.69, 9.17) is 11.6 Å². The first-order valence-electron chi connectivity index (χ1n) is 7.04. The summed E-state index contributed by atoms with van der Waals surface area (Å²) in [5.41, 5.74) is -0.449. The minimum atomic E-state index is -4.50. The second-order valence-corrected chi connectivity index (χ2v) is 5.56. The van der Waals surface area contributed by atoms with E-state index in [9.17, 15) is 22.4 Å². The summed E-state index contributed by atoms with van der Waals surface area (Å²) in [5, 5.41) is 4.96. The number of nitrogens with zero attached hydrogens (tertiary/aromatic N) is 1. The molecule has 1 fully saturated rings. The average Bonchev–Trinajstić information content (AvgIpc) is 2.47. The lowest BCUT2D eigenvalue weighted by Crippen LogP contribution is -2.57. The van der Waals surface area contributed by atoms with Crippen LogP contribution in [0.5, 0.6) is 0 Å². The van der Waals surface area contributed by atoms with Crippen molar-refractivity contribution in [1.29, 1.82) is 0 Å². The molecule has 1 saturated heterocycles. The van der Waals surface area contributed by atoms with Crippen LogP contribution in [0.4, 0.5) is 17.6 Å². The van der Waals surface area contributed by atoms with E-state index in [1.165, 1.54) is 17.0 Å². The Balaban J connectivity index is 0.00000288. The molecule has 1 aromatic carbocycles. The van der Waals surface area contributed by atoms with Crippen molar-refractivity contribution in [3.8, 4) is 0 Å². The lowest BCUT2D eigenvalue weighted by Gasteiger charge is -2.35. The first kappa shape index (κ1) is 21.0. The summed E-state index contributed by atoms with van der Waals surface area (Å²) in [4.78, 5) is 13.2. The van der Waals surface area contributed by atoms with Crippen LogP contribution in [0.1, 0.15) is 10.4 Å². The van der Waals surface area contributed by atoms with E-state index in [0.29, 0.717) is 13.1 Å². The molecule has 24 heavy (non-hydrogen) atoms. The highest BCUT2D eigenvalue weighted by Crippen LogP contribution is 2.25. The Morgan fingerprint density at radius 2 is 1.96 bits per heavy atom. The fourth-order valence-corrected chi connectivity index (χ4v) is 2.69. The van der Waals surface area contributed by atoms with E-state index in [1.807, 2.05) is 0 Å². The number of carbonyl (C=O) groups excluding carboxylic acids is 1. The van der Waals surface area contributed by atoms with Crippen LogP contribution in [0.3, 0.4) is 0 Å². The Morgan fingerprint density at radius 3 is 2.50 bits per heavy atom. The molecule has 0 aliphatic carbocycles. The fraction of sp³-hybridized carbons (Fsp3) is 0.500. The first-order chi connectivity index (χ1) is 10.8. The molecule has 0 saturated carbocycles. The molecular weight excluding hydrogens is 373 g/mol. The van der Waals surface area contributed by atoms with Crippen LogP contribution in [0, 0.1) is 5.82 Å². The van der Waals surface area contributed by atoms with Crippen molar-refractivity contribution in [2.24, 2.45) is 0 Å². The lowest BCUT2D eigenvalue weighted by atomic mass is 10.1. The first-order valence-corrected chi connectivity index (χ1v) is 7.42. The molecule has 0 radical (unpaired) electrons. The maximum atomic E-state index is 13.6. The number of alkyl halides is 3. The van der Waals surface area contributed by atoms with Crippen molar-refractivity contribution in [2.45, 2.75) is 12.2 Å². The molecule has 1 aromatic rings. The maximum absolute atomic E-state index is 13.6. The number of piperazine rings is 1. The Morgan fingerprint density at radius 1 is 1.33 bits per heavy atom. The molecule has 2 N–H and O–H groups in total. The van der Waals surface area contributed by atoms with Gasteiger partial charge in [-0.05, 0) is 12.1 Å². The summed E-state index contributed by atoms with van der Waals surface area (Å²) < 4.78 is 53.2. The van der Waals surface area contributed by atoms with Crippen molar-refractivity contribution in [1.82, 2.24) is 15.5 Å². The smallest absolute Gasteiger partial charge is 0.350 e. The van der Waals surface area contributed by atoms with E-state index in [-0.39, 0.29) is 30.5 Å². The topological polar surface area (TPSA) is 44.4 Å². The van der Waals surface area contributed by atoms with Crippen LogP contribution in [0.25, 0.3) is 0 Å². The van der Waals surface area contributed by atoms with Gasteiger partial charge in [-0.3, -0.25) is 9.69 Å². The normalized spacial score (nSPS) is 17.0. The molecule has 0 bridgehead atoms. The molecule has 0 spiro atoms. The molecule has 1 atom stereocenters.